The van der Waals surface area contributed by atoms with Gasteiger partial charge in [0.1, 0.15) is 0 Å². The fraction of sp³-hybridized carbons (Fsp3) is 0.421. The highest BCUT2D eigenvalue weighted by atomic mass is 28.3. The van der Waals surface area contributed by atoms with E-state index >= 15 is 0 Å². The molecular weight excluding hydrogens is 270 g/mol. The summed E-state index contributed by atoms with van der Waals surface area (Å²) in [5.41, 5.74) is 3.23. The molecular formula is C19H27NSi. The lowest BCUT2D eigenvalue weighted by Gasteiger charge is -2.26. The molecule has 112 valence electrons. The van der Waals surface area contributed by atoms with Crippen LogP contribution in [0.3, 0.4) is 0 Å². The van der Waals surface area contributed by atoms with Gasteiger partial charge < -0.3 is 0 Å². The van der Waals surface area contributed by atoms with Crippen LogP contribution in [0.2, 0.25) is 19.6 Å². The molecule has 1 unspecified atom stereocenters. The first-order chi connectivity index (χ1) is 10.1. The quantitative estimate of drug-likeness (QED) is 0.719. The van der Waals surface area contributed by atoms with E-state index in [1.54, 1.807) is 0 Å². The molecule has 1 aromatic carbocycles. The van der Waals surface area contributed by atoms with Crippen molar-refractivity contribution in [1.29, 1.82) is 0 Å². The number of hydrogen-bond donors (Lipinski definition) is 0. The van der Waals surface area contributed by atoms with Crippen molar-refractivity contribution in [2.24, 2.45) is 5.92 Å². The van der Waals surface area contributed by atoms with Crippen LogP contribution in [0.5, 0.6) is 0 Å². The summed E-state index contributed by atoms with van der Waals surface area (Å²) < 4.78 is 8.90. The van der Waals surface area contributed by atoms with Crippen molar-refractivity contribution in [2.45, 2.75) is 46.3 Å². The molecule has 0 aliphatic rings. The van der Waals surface area contributed by atoms with E-state index in [0.717, 1.165) is 16.8 Å². The first-order valence-electron chi connectivity index (χ1n) is 8.20. The zero-order chi connectivity index (χ0) is 16.5. The molecule has 2 aromatic rings. The van der Waals surface area contributed by atoms with Crippen LogP contribution in [0, 0.1) is 5.92 Å². The third kappa shape index (κ3) is 3.62. The Hall–Kier alpha value is -1.41. The predicted octanol–water partition coefficient (Wildman–Crippen LogP) is 5.05. The van der Waals surface area contributed by atoms with Gasteiger partial charge in [0.15, 0.2) is 0 Å². The molecule has 1 nitrogen and oxygen atoms in total. The van der Waals surface area contributed by atoms with Crippen LogP contribution in [0.25, 0.3) is 11.3 Å². The number of rotatable bonds is 4. The maximum absolute atomic E-state index is 8.90. The first kappa shape index (κ1) is 14.5. The summed E-state index contributed by atoms with van der Waals surface area (Å²) in [5.74, 6) is -0.337. The van der Waals surface area contributed by atoms with Crippen LogP contribution in [-0.4, -0.2) is 13.1 Å². The zero-order valence-corrected chi connectivity index (χ0v) is 15.1. The van der Waals surface area contributed by atoms with E-state index in [2.05, 4.69) is 51.7 Å². The van der Waals surface area contributed by atoms with Crippen LogP contribution >= 0.6 is 0 Å². The van der Waals surface area contributed by atoms with E-state index in [0.29, 0.717) is 0 Å². The Kier molecular flexibility index (Phi) is 4.25. The molecule has 2 rings (SSSR count). The van der Waals surface area contributed by atoms with E-state index in [-0.39, 0.29) is 5.92 Å². The monoisotopic (exact) mass is 298 g/mol. The van der Waals surface area contributed by atoms with Crippen LogP contribution < -0.4 is 5.19 Å². The second-order valence-corrected chi connectivity index (χ2v) is 12.1. The summed E-state index contributed by atoms with van der Waals surface area (Å²) >= 11 is 0. The highest BCUT2D eigenvalue weighted by molar-refractivity contribution is 6.89. The molecule has 0 spiro atoms. The highest BCUT2D eigenvalue weighted by Crippen LogP contribution is 2.27. The molecule has 0 N–H and O–H groups in total. The lowest BCUT2D eigenvalue weighted by atomic mass is 9.90. The Morgan fingerprint density at radius 1 is 1.05 bits per heavy atom. The zero-order valence-electron chi connectivity index (χ0n) is 15.1. The lowest BCUT2D eigenvalue weighted by molar-refractivity contribution is 0.537. The molecule has 0 fully saturated rings. The van der Waals surface area contributed by atoms with E-state index in [4.69, 9.17) is 6.35 Å². The number of benzene rings is 1. The normalized spacial score (nSPS) is 15.7. The van der Waals surface area contributed by atoms with Gasteiger partial charge in [0.25, 0.3) is 0 Å². The minimum absolute atomic E-state index is 0.258. The Balaban J connectivity index is 2.66. The minimum atomic E-state index is -1.54. The lowest BCUT2D eigenvalue weighted by Crippen LogP contribution is -2.41. The van der Waals surface area contributed by atoms with Gasteiger partial charge in [0.2, 0.25) is 0 Å². The largest absolute Gasteiger partial charge is 0.256 e. The maximum atomic E-state index is 8.90. The molecule has 0 aliphatic carbocycles. The SMILES string of the molecule is [2H]C(C)(c1cc(-c2ccccc2)ncc1[Si](C)(C)C)C(C)C. The third-order valence-corrected chi connectivity index (χ3v) is 6.09. The van der Waals surface area contributed by atoms with Crippen molar-refractivity contribution in [1.82, 2.24) is 4.98 Å². The van der Waals surface area contributed by atoms with Crippen molar-refractivity contribution < 1.29 is 1.37 Å². The first-order valence-corrected chi connectivity index (χ1v) is 11.2. The van der Waals surface area contributed by atoms with E-state index in [9.17, 15) is 0 Å². The van der Waals surface area contributed by atoms with Gasteiger partial charge in [-0.25, -0.2) is 0 Å². The summed E-state index contributed by atoms with van der Waals surface area (Å²) in [4.78, 5) is 4.70. The van der Waals surface area contributed by atoms with Crippen LogP contribution in [0.4, 0.5) is 0 Å². The summed E-state index contributed by atoms with van der Waals surface area (Å²) in [7, 11) is -1.54. The molecule has 0 aliphatic heterocycles. The Bertz CT molecular complexity index is 642. The molecule has 0 saturated carbocycles. The number of hydrogen-bond acceptors (Lipinski definition) is 1. The van der Waals surface area contributed by atoms with Gasteiger partial charge in [-0.3, -0.25) is 4.98 Å². The van der Waals surface area contributed by atoms with Crippen molar-refractivity contribution in [3.05, 3.63) is 48.2 Å². The van der Waals surface area contributed by atoms with Crippen molar-refractivity contribution >= 4 is 13.3 Å². The van der Waals surface area contributed by atoms with Gasteiger partial charge in [-0.15, -0.1) is 0 Å². The van der Waals surface area contributed by atoms with Crippen molar-refractivity contribution in [3.8, 4) is 11.3 Å². The van der Waals surface area contributed by atoms with Gasteiger partial charge in [0.05, 0.1) is 13.8 Å². The van der Waals surface area contributed by atoms with Gasteiger partial charge in [-0.1, -0.05) is 70.7 Å². The minimum Gasteiger partial charge on any atom is -0.256 e. The van der Waals surface area contributed by atoms with Gasteiger partial charge in [-0.2, -0.15) is 0 Å². The van der Waals surface area contributed by atoms with Crippen molar-refractivity contribution in [3.63, 3.8) is 0 Å². The van der Waals surface area contributed by atoms with E-state index in [1.165, 1.54) is 5.19 Å². The summed E-state index contributed by atoms with van der Waals surface area (Å²) in [5, 5.41) is 1.30. The molecule has 1 atom stereocenters. The average molecular weight is 299 g/mol. The van der Waals surface area contributed by atoms with Crippen LogP contribution in [-0.2, 0) is 0 Å². The van der Waals surface area contributed by atoms with Gasteiger partial charge in [-0.05, 0) is 28.6 Å². The number of pyridine rings is 1. The number of nitrogens with zero attached hydrogens (tertiary/aromatic N) is 1. The summed E-state index contributed by atoms with van der Waals surface area (Å²) in [6.07, 6.45) is 2.03. The third-order valence-electron chi connectivity index (χ3n) is 4.07. The second-order valence-electron chi connectivity index (χ2n) is 7.07. The molecule has 2 heteroatoms. The number of aromatic nitrogens is 1. The second kappa shape index (κ2) is 6.14. The Labute approximate surface area is 131 Å². The van der Waals surface area contributed by atoms with Gasteiger partial charge in [0, 0.05) is 13.1 Å². The van der Waals surface area contributed by atoms with Crippen molar-refractivity contribution in [2.75, 3.05) is 0 Å². The Morgan fingerprint density at radius 3 is 2.19 bits per heavy atom. The average Bonchev–Trinajstić information content (AvgIpc) is 2.46. The Morgan fingerprint density at radius 2 is 1.67 bits per heavy atom. The standard InChI is InChI=1S/C19H27NSi/c1-14(2)15(3)17-12-18(16-10-8-7-9-11-16)20-13-19(17)21(4,5)6/h7-15H,1-6H3/i15D. The predicted molar refractivity (Wildman–Crippen MR) is 95.9 cm³/mol. The molecule has 0 amide bonds. The molecule has 0 saturated heterocycles. The summed E-state index contributed by atoms with van der Waals surface area (Å²) in [6.45, 7) is 13.3. The van der Waals surface area contributed by atoms with Crippen LogP contribution in [0.15, 0.2) is 42.6 Å². The van der Waals surface area contributed by atoms with Crippen LogP contribution in [0.1, 0.15) is 33.6 Å². The van der Waals surface area contributed by atoms with E-state index < -0.39 is 14.0 Å². The molecule has 0 bridgehead atoms. The van der Waals surface area contributed by atoms with E-state index in [1.807, 2.05) is 31.3 Å². The fourth-order valence-corrected chi connectivity index (χ4v) is 3.99. The fourth-order valence-electron chi connectivity index (χ4n) is 2.46. The molecule has 21 heavy (non-hydrogen) atoms. The molecule has 1 aromatic heterocycles. The highest BCUT2D eigenvalue weighted by Gasteiger charge is 2.25. The smallest absolute Gasteiger partial charge is 0.0799 e. The molecule has 1 heterocycles. The van der Waals surface area contributed by atoms with Gasteiger partial charge >= 0.3 is 0 Å². The topological polar surface area (TPSA) is 12.9 Å². The summed E-state index contributed by atoms with van der Waals surface area (Å²) in [6, 6.07) is 12.4. The maximum Gasteiger partial charge on any atom is 0.0799 e. The molecule has 0 radical (unpaired) electrons.